The van der Waals surface area contributed by atoms with Crippen LogP contribution >= 0.6 is 0 Å². The molecule has 0 spiro atoms. The van der Waals surface area contributed by atoms with Gasteiger partial charge < -0.3 is 14.9 Å². The van der Waals surface area contributed by atoms with Gasteiger partial charge in [0.05, 0.1) is 0 Å². The summed E-state index contributed by atoms with van der Waals surface area (Å²) in [6.07, 6.45) is 4.19. The van der Waals surface area contributed by atoms with Crippen molar-refractivity contribution in [2.75, 3.05) is 13.3 Å². The van der Waals surface area contributed by atoms with E-state index >= 15 is 0 Å². The average molecular weight is 401 g/mol. The highest BCUT2D eigenvalue weighted by Gasteiger charge is 2.71. The lowest BCUT2D eigenvalue weighted by Crippen LogP contribution is -2.63. The summed E-state index contributed by atoms with van der Waals surface area (Å²) in [7, 11) is 0. The average Bonchev–Trinajstić information content (AvgIpc) is 2.95. The molecule has 3 saturated carbocycles. The van der Waals surface area contributed by atoms with E-state index in [2.05, 4.69) is 4.74 Å². The van der Waals surface area contributed by atoms with Crippen molar-refractivity contribution in [3.63, 3.8) is 0 Å². The van der Waals surface area contributed by atoms with Crippen molar-refractivity contribution in [2.45, 2.75) is 53.1 Å². The SMILES string of the molecule is CC1(C=N)CC2C3CCC(C(C1)C2(C)C(=N)OC(F)F)C3(C)C(=N)OCCF. The Bertz CT molecular complexity index is 647. The molecule has 3 rings (SSSR count). The fourth-order valence-electron chi connectivity index (χ4n) is 6.68. The monoisotopic (exact) mass is 401 g/mol. The number of fused-ring (bicyclic) bond motifs is 6. The number of hydrogen-bond donors (Lipinski definition) is 3. The van der Waals surface area contributed by atoms with Crippen molar-refractivity contribution in [1.82, 2.24) is 0 Å². The normalized spacial score (nSPS) is 44.2. The molecule has 3 aliphatic carbocycles. The Morgan fingerprint density at radius 2 is 1.50 bits per heavy atom. The summed E-state index contributed by atoms with van der Waals surface area (Å²) in [6.45, 7) is 1.94. The van der Waals surface area contributed by atoms with Crippen LogP contribution in [-0.4, -0.2) is 37.9 Å². The van der Waals surface area contributed by atoms with Crippen LogP contribution in [0.15, 0.2) is 0 Å². The molecule has 5 nitrogen and oxygen atoms in total. The molecule has 4 bridgehead atoms. The van der Waals surface area contributed by atoms with E-state index in [1.165, 1.54) is 6.21 Å². The molecule has 0 aromatic carbocycles. The Labute approximate surface area is 163 Å². The van der Waals surface area contributed by atoms with E-state index in [1.807, 2.05) is 20.8 Å². The van der Waals surface area contributed by atoms with E-state index < -0.39 is 24.1 Å². The van der Waals surface area contributed by atoms with Gasteiger partial charge in [0, 0.05) is 22.5 Å². The number of ether oxygens (including phenoxy) is 2. The van der Waals surface area contributed by atoms with Crippen LogP contribution in [0, 0.1) is 56.1 Å². The summed E-state index contributed by atoms with van der Waals surface area (Å²) >= 11 is 0. The van der Waals surface area contributed by atoms with Crippen molar-refractivity contribution in [1.29, 1.82) is 16.2 Å². The molecule has 0 aromatic heterocycles. The lowest BCUT2D eigenvalue weighted by Gasteiger charge is -2.63. The third kappa shape index (κ3) is 2.86. The third-order valence-electron chi connectivity index (χ3n) is 8.07. The van der Waals surface area contributed by atoms with Crippen molar-refractivity contribution in [2.24, 2.45) is 39.9 Å². The minimum atomic E-state index is -3.05. The highest BCUT2D eigenvalue weighted by molar-refractivity contribution is 5.85. The van der Waals surface area contributed by atoms with Gasteiger partial charge in [-0.05, 0) is 49.4 Å². The van der Waals surface area contributed by atoms with Gasteiger partial charge >= 0.3 is 6.61 Å². The molecular formula is C20H30F3N3O2. The van der Waals surface area contributed by atoms with Gasteiger partial charge in [-0.15, -0.1) is 0 Å². The van der Waals surface area contributed by atoms with E-state index in [1.54, 1.807) is 0 Å². The molecule has 0 aliphatic heterocycles. The predicted molar refractivity (Wildman–Crippen MR) is 100 cm³/mol. The second kappa shape index (κ2) is 7.02. The van der Waals surface area contributed by atoms with E-state index in [9.17, 15) is 13.2 Å². The highest BCUT2D eigenvalue weighted by atomic mass is 19.3. The molecule has 3 aliphatic rings. The largest absolute Gasteiger partial charge is 0.478 e. The second-order valence-electron chi connectivity index (χ2n) is 9.35. The topological polar surface area (TPSA) is 90.0 Å². The minimum Gasteiger partial charge on any atom is -0.478 e. The fraction of sp³-hybridized carbons (Fsp3) is 0.850. The van der Waals surface area contributed by atoms with Crippen LogP contribution < -0.4 is 0 Å². The maximum Gasteiger partial charge on any atom is 0.388 e. The van der Waals surface area contributed by atoms with Crippen LogP contribution in [0.4, 0.5) is 13.2 Å². The first-order chi connectivity index (χ1) is 13.0. The molecule has 4 unspecified atom stereocenters. The minimum absolute atomic E-state index is 0.0629. The molecule has 0 heterocycles. The summed E-state index contributed by atoms with van der Waals surface area (Å²) in [4.78, 5) is 0. The van der Waals surface area contributed by atoms with Crippen LogP contribution in [-0.2, 0) is 9.47 Å². The molecule has 3 N–H and O–H groups in total. The standard InChI is InChI=1S/C20H30F3N3O2/c1-18(10-24)8-13-11-4-5-12(19(11,2)15(25)27-7-6-21)14(9-18)20(13,3)16(26)28-17(22)23/h10-14,17,24-26H,4-9H2,1-3H3. The van der Waals surface area contributed by atoms with Crippen LogP contribution in [0.1, 0.15) is 46.5 Å². The molecular weight excluding hydrogens is 371 g/mol. The van der Waals surface area contributed by atoms with Crippen molar-refractivity contribution in [3.05, 3.63) is 0 Å². The molecule has 0 aromatic rings. The smallest absolute Gasteiger partial charge is 0.388 e. The Morgan fingerprint density at radius 1 is 1.00 bits per heavy atom. The van der Waals surface area contributed by atoms with Crippen LogP contribution in [0.3, 0.4) is 0 Å². The van der Waals surface area contributed by atoms with Gasteiger partial charge in [-0.2, -0.15) is 8.78 Å². The summed E-state index contributed by atoms with van der Waals surface area (Å²) in [5.74, 6) is -0.836. The maximum absolute atomic E-state index is 12.9. The van der Waals surface area contributed by atoms with Gasteiger partial charge in [0.15, 0.2) is 11.8 Å². The molecule has 8 heteroatoms. The van der Waals surface area contributed by atoms with Gasteiger partial charge in [-0.3, -0.25) is 10.8 Å². The van der Waals surface area contributed by atoms with E-state index in [0.717, 1.165) is 12.8 Å². The summed E-state index contributed by atoms with van der Waals surface area (Å²) < 4.78 is 48.5. The number of halogens is 3. The Morgan fingerprint density at radius 3 is 1.93 bits per heavy atom. The molecule has 158 valence electrons. The zero-order valence-corrected chi connectivity index (χ0v) is 16.7. The lowest BCUT2D eigenvalue weighted by molar-refractivity contribution is -0.126. The first-order valence-corrected chi connectivity index (χ1v) is 9.88. The third-order valence-corrected chi connectivity index (χ3v) is 8.07. The van der Waals surface area contributed by atoms with Crippen LogP contribution in [0.2, 0.25) is 0 Å². The van der Waals surface area contributed by atoms with E-state index in [4.69, 9.17) is 21.0 Å². The zero-order valence-electron chi connectivity index (χ0n) is 16.7. The van der Waals surface area contributed by atoms with Gasteiger partial charge in [0.1, 0.15) is 13.3 Å². The van der Waals surface area contributed by atoms with Crippen molar-refractivity contribution in [3.8, 4) is 0 Å². The molecule has 0 radical (unpaired) electrons. The zero-order chi connectivity index (χ0) is 20.9. The summed E-state index contributed by atoms with van der Waals surface area (Å²) in [5, 5.41) is 24.8. The number of rotatable bonds is 6. The Balaban J connectivity index is 2.05. The number of nitrogens with one attached hydrogen (secondary N) is 3. The maximum atomic E-state index is 12.9. The predicted octanol–water partition coefficient (Wildman–Crippen LogP) is 4.90. The molecule has 0 saturated heterocycles. The lowest BCUT2D eigenvalue weighted by atomic mass is 9.41. The van der Waals surface area contributed by atoms with Crippen molar-refractivity contribution >= 4 is 18.0 Å². The molecule has 0 amide bonds. The Kier molecular flexibility index (Phi) is 5.30. The van der Waals surface area contributed by atoms with E-state index in [-0.39, 0.29) is 47.5 Å². The molecule has 28 heavy (non-hydrogen) atoms. The van der Waals surface area contributed by atoms with Gasteiger partial charge in [0.25, 0.3) is 0 Å². The van der Waals surface area contributed by atoms with Gasteiger partial charge in [0.2, 0.25) is 0 Å². The summed E-state index contributed by atoms with van der Waals surface area (Å²) in [5.41, 5.74) is -1.85. The van der Waals surface area contributed by atoms with Gasteiger partial charge in [-0.25, -0.2) is 4.39 Å². The molecule has 3 fully saturated rings. The van der Waals surface area contributed by atoms with E-state index in [0.29, 0.717) is 12.8 Å². The van der Waals surface area contributed by atoms with Crippen molar-refractivity contribution < 1.29 is 22.6 Å². The second-order valence-corrected chi connectivity index (χ2v) is 9.35. The van der Waals surface area contributed by atoms with Crippen LogP contribution in [0.25, 0.3) is 0 Å². The van der Waals surface area contributed by atoms with Gasteiger partial charge in [-0.1, -0.05) is 20.8 Å². The first kappa shape index (κ1) is 21.1. The number of hydrogen-bond acceptors (Lipinski definition) is 5. The quantitative estimate of drug-likeness (QED) is 0.436. The summed E-state index contributed by atoms with van der Waals surface area (Å²) in [6, 6.07) is 0. The first-order valence-electron chi connectivity index (χ1n) is 9.88. The number of alkyl halides is 3. The Hall–Kier alpha value is -1.60. The molecule has 4 atom stereocenters. The highest BCUT2D eigenvalue weighted by Crippen LogP contribution is 2.72. The van der Waals surface area contributed by atoms with Crippen LogP contribution in [0.5, 0.6) is 0 Å². The fourth-order valence-corrected chi connectivity index (χ4v) is 6.68.